The van der Waals surface area contributed by atoms with Gasteiger partial charge in [0.1, 0.15) is 11.5 Å². The van der Waals surface area contributed by atoms with Gasteiger partial charge in [-0.3, -0.25) is 9.59 Å². The highest BCUT2D eigenvalue weighted by atomic mass is 35.5. The summed E-state index contributed by atoms with van der Waals surface area (Å²) >= 11 is 6.21. The highest BCUT2D eigenvalue weighted by Crippen LogP contribution is 2.49. The van der Waals surface area contributed by atoms with Crippen LogP contribution in [0.1, 0.15) is 36.1 Å². The molecule has 0 saturated heterocycles. The molecule has 0 fully saturated rings. The van der Waals surface area contributed by atoms with Crippen molar-refractivity contribution in [2.75, 3.05) is 27.9 Å². The Morgan fingerprint density at radius 2 is 1.58 bits per heavy atom. The van der Waals surface area contributed by atoms with Crippen LogP contribution in [0.5, 0.6) is 11.5 Å². The van der Waals surface area contributed by atoms with E-state index in [2.05, 4.69) is 0 Å². The van der Waals surface area contributed by atoms with Crippen LogP contribution in [0.2, 0.25) is 0 Å². The molecule has 0 heterocycles. The zero-order valence-corrected chi connectivity index (χ0v) is 16.6. The van der Waals surface area contributed by atoms with Crippen LogP contribution in [-0.4, -0.2) is 39.9 Å². The number of esters is 2. The number of carbonyl (C=O) groups excluding carboxylic acids is 2. The number of benzene rings is 1. The van der Waals surface area contributed by atoms with E-state index in [1.54, 1.807) is 14.2 Å². The summed E-state index contributed by atoms with van der Waals surface area (Å²) in [7, 11) is 4.56. The lowest BCUT2D eigenvalue weighted by atomic mass is 9.87. The second-order valence-electron chi connectivity index (χ2n) is 6.61. The van der Waals surface area contributed by atoms with Gasteiger partial charge < -0.3 is 18.9 Å². The van der Waals surface area contributed by atoms with Gasteiger partial charge in [-0.25, -0.2) is 0 Å². The number of hydrogen-bond donors (Lipinski definition) is 0. The summed E-state index contributed by atoms with van der Waals surface area (Å²) in [6, 6.07) is 0. The first kappa shape index (κ1) is 20.4. The molecule has 1 aliphatic carbocycles. The highest BCUT2D eigenvalue weighted by molar-refractivity contribution is 6.17. The lowest BCUT2D eigenvalue weighted by Crippen LogP contribution is -2.29. The van der Waals surface area contributed by atoms with Crippen LogP contribution in [0.15, 0.2) is 0 Å². The average Bonchev–Trinajstić information content (AvgIpc) is 2.97. The fourth-order valence-corrected chi connectivity index (χ4v) is 4.00. The third kappa shape index (κ3) is 3.61. The van der Waals surface area contributed by atoms with Crippen LogP contribution in [0.25, 0.3) is 0 Å². The molecular weight excluding hydrogens is 360 g/mol. The molecule has 0 radical (unpaired) electrons. The van der Waals surface area contributed by atoms with E-state index in [1.807, 2.05) is 6.92 Å². The predicted octanol–water partition coefficient (Wildman–Crippen LogP) is 2.83. The Morgan fingerprint density at radius 3 is 2.00 bits per heavy atom. The molecule has 0 spiro atoms. The number of hydrogen-bond acceptors (Lipinski definition) is 6. The maximum absolute atomic E-state index is 12.3. The number of carbonyl (C=O) groups is 2. The molecule has 1 unspecified atom stereocenters. The Bertz CT molecular complexity index is 715. The van der Waals surface area contributed by atoms with E-state index in [0.717, 1.165) is 22.3 Å². The van der Waals surface area contributed by atoms with Crippen molar-refractivity contribution in [2.24, 2.45) is 5.41 Å². The molecule has 0 N–H and O–H groups in total. The van der Waals surface area contributed by atoms with Gasteiger partial charge in [0, 0.05) is 35.6 Å². The number of alkyl halides is 1. The first-order valence-electron chi connectivity index (χ1n) is 8.38. The largest absolute Gasteiger partial charge is 0.496 e. The Kier molecular flexibility index (Phi) is 6.39. The summed E-state index contributed by atoms with van der Waals surface area (Å²) in [6.45, 7) is 3.45. The van der Waals surface area contributed by atoms with Crippen molar-refractivity contribution < 1.29 is 28.5 Å². The van der Waals surface area contributed by atoms with Gasteiger partial charge in [0.2, 0.25) is 0 Å². The topological polar surface area (TPSA) is 71.1 Å². The van der Waals surface area contributed by atoms with Crippen molar-refractivity contribution in [1.82, 2.24) is 0 Å². The quantitative estimate of drug-likeness (QED) is 0.531. The monoisotopic (exact) mass is 384 g/mol. The summed E-state index contributed by atoms with van der Waals surface area (Å²) in [4.78, 5) is 23.4. The van der Waals surface area contributed by atoms with Gasteiger partial charge in [-0.05, 0) is 19.8 Å². The molecule has 0 saturated carbocycles. The third-order valence-electron chi connectivity index (χ3n) is 4.84. The molecule has 1 aromatic carbocycles. The summed E-state index contributed by atoms with van der Waals surface area (Å²) in [5.74, 6) is 0.948. The summed E-state index contributed by atoms with van der Waals surface area (Å²) in [5.41, 5.74) is 2.79. The Labute approximate surface area is 158 Å². The zero-order chi connectivity index (χ0) is 19.5. The molecule has 0 aromatic heterocycles. The fourth-order valence-electron chi connectivity index (χ4n) is 3.72. The lowest BCUT2D eigenvalue weighted by molar-refractivity contribution is -0.151. The zero-order valence-electron chi connectivity index (χ0n) is 15.9. The van der Waals surface area contributed by atoms with Crippen molar-refractivity contribution in [3.63, 3.8) is 0 Å². The van der Waals surface area contributed by atoms with Crippen molar-refractivity contribution in [3.8, 4) is 11.5 Å². The molecule has 26 heavy (non-hydrogen) atoms. The smallest absolute Gasteiger partial charge is 0.312 e. The molecule has 1 atom stereocenters. The minimum Gasteiger partial charge on any atom is -0.496 e. The number of fused-ring (bicyclic) bond motifs is 1. The summed E-state index contributed by atoms with van der Waals surface area (Å²) in [6.07, 6.45) is 1.42. The Hall–Kier alpha value is -1.95. The van der Waals surface area contributed by atoms with Gasteiger partial charge in [0.15, 0.2) is 0 Å². The summed E-state index contributed by atoms with van der Waals surface area (Å²) < 4.78 is 21.4. The number of halogens is 1. The van der Waals surface area contributed by atoms with Crippen LogP contribution in [0, 0.1) is 5.41 Å². The van der Waals surface area contributed by atoms with Crippen molar-refractivity contribution >= 4 is 23.5 Å². The standard InChI is InChI=1S/C19H25ClO6/c1-11(21)26-7-6-12-15(10-20)17(24-4)14-9-19(2,18(22)25-5)8-13(14)16(12)23-3/h6-10H2,1-5H3. The molecule has 2 rings (SSSR count). The first-order valence-corrected chi connectivity index (χ1v) is 8.91. The maximum Gasteiger partial charge on any atom is 0.312 e. The second-order valence-corrected chi connectivity index (χ2v) is 6.88. The van der Waals surface area contributed by atoms with Gasteiger partial charge in [0.25, 0.3) is 0 Å². The average molecular weight is 385 g/mol. The van der Waals surface area contributed by atoms with E-state index < -0.39 is 5.41 Å². The SMILES string of the molecule is COC(=O)C1(C)Cc2c(c(OC)c(CCOC(C)=O)c(CCl)c2OC)C1. The van der Waals surface area contributed by atoms with E-state index in [-0.39, 0.29) is 24.4 Å². The first-order chi connectivity index (χ1) is 12.3. The van der Waals surface area contributed by atoms with E-state index in [0.29, 0.717) is 30.8 Å². The normalized spacial score (nSPS) is 18.2. The van der Waals surface area contributed by atoms with Gasteiger partial charge in [-0.15, -0.1) is 11.6 Å². The molecule has 1 aliphatic rings. The van der Waals surface area contributed by atoms with Gasteiger partial charge in [-0.2, -0.15) is 0 Å². The molecule has 144 valence electrons. The minimum atomic E-state index is -0.685. The van der Waals surface area contributed by atoms with E-state index in [9.17, 15) is 9.59 Å². The fraction of sp³-hybridized carbons (Fsp3) is 0.579. The van der Waals surface area contributed by atoms with Crippen LogP contribution in [0.3, 0.4) is 0 Å². The van der Waals surface area contributed by atoms with Crippen LogP contribution < -0.4 is 9.47 Å². The molecule has 0 amide bonds. The van der Waals surface area contributed by atoms with E-state index in [4.69, 9.17) is 30.5 Å². The van der Waals surface area contributed by atoms with E-state index >= 15 is 0 Å². The highest BCUT2D eigenvalue weighted by Gasteiger charge is 2.44. The third-order valence-corrected chi connectivity index (χ3v) is 5.10. The summed E-state index contributed by atoms with van der Waals surface area (Å²) in [5, 5.41) is 0. The molecule has 0 aliphatic heterocycles. The number of rotatable bonds is 7. The molecular formula is C19H25ClO6. The van der Waals surface area contributed by atoms with E-state index in [1.165, 1.54) is 14.0 Å². The number of methoxy groups -OCH3 is 3. The van der Waals surface area contributed by atoms with Gasteiger partial charge >= 0.3 is 11.9 Å². The Morgan fingerprint density at radius 1 is 1.04 bits per heavy atom. The van der Waals surface area contributed by atoms with Gasteiger partial charge in [-0.1, -0.05) is 0 Å². The van der Waals surface area contributed by atoms with Gasteiger partial charge in [0.05, 0.1) is 39.2 Å². The number of ether oxygens (including phenoxy) is 4. The van der Waals surface area contributed by atoms with Crippen molar-refractivity contribution in [3.05, 3.63) is 22.3 Å². The minimum absolute atomic E-state index is 0.214. The van der Waals surface area contributed by atoms with Crippen LogP contribution in [0.4, 0.5) is 0 Å². The Balaban J connectivity index is 2.57. The molecule has 1 aromatic rings. The molecule has 6 nitrogen and oxygen atoms in total. The van der Waals surface area contributed by atoms with Crippen LogP contribution in [-0.2, 0) is 44.2 Å². The van der Waals surface area contributed by atoms with Crippen molar-refractivity contribution in [2.45, 2.75) is 39.0 Å². The predicted molar refractivity (Wildman–Crippen MR) is 97.0 cm³/mol. The van der Waals surface area contributed by atoms with Crippen molar-refractivity contribution in [1.29, 1.82) is 0 Å². The maximum atomic E-state index is 12.3. The second kappa shape index (κ2) is 8.16. The molecule has 0 bridgehead atoms. The lowest BCUT2D eigenvalue weighted by Gasteiger charge is -2.21. The van der Waals surface area contributed by atoms with Crippen LogP contribution >= 0.6 is 11.6 Å². The molecule has 7 heteroatoms.